The van der Waals surface area contributed by atoms with Gasteiger partial charge in [0, 0.05) is 44.8 Å². The van der Waals surface area contributed by atoms with Gasteiger partial charge in [-0.1, -0.05) is 0 Å². The van der Waals surface area contributed by atoms with Gasteiger partial charge >= 0.3 is 0 Å². The number of halogens is 1. The fourth-order valence-corrected chi connectivity index (χ4v) is 6.33. The van der Waals surface area contributed by atoms with Gasteiger partial charge in [-0.05, 0) is 68.8 Å². The molecule has 3 rings (SSSR count). The van der Waals surface area contributed by atoms with Gasteiger partial charge in [-0.25, -0.2) is 21.2 Å². The lowest BCUT2D eigenvalue weighted by Gasteiger charge is -2.23. The first-order chi connectivity index (χ1) is 15.4. The summed E-state index contributed by atoms with van der Waals surface area (Å²) in [4.78, 5) is 14.6. The fraction of sp³-hybridized carbons (Fsp3) is 0.409. The highest BCUT2D eigenvalue weighted by molar-refractivity contribution is 7.89. The van der Waals surface area contributed by atoms with E-state index in [9.17, 15) is 26.0 Å². The van der Waals surface area contributed by atoms with E-state index >= 15 is 0 Å². The molecule has 1 aliphatic heterocycles. The predicted octanol–water partition coefficient (Wildman–Crippen LogP) is 2.39. The highest BCUT2D eigenvalue weighted by Crippen LogP contribution is 2.21. The molecule has 33 heavy (non-hydrogen) atoms. The van der Waals surface area contributed by atoms with Gasteiger partial charge in [0.25, 0.3) is 5.91 Å². The van der Waals surface area contributed by atoms with Gasteiger partial charge in [0.2, 0.25) is 20.0 Å². The van der Waals surface area contributed by atoms with Crippen molar-refractivity contribution in [2.24, 2.45) is 0 Å². The van der Waals surface area contributed by atoms with Crippen molar-refractivity contribution >= 4 is 26.0 Å². The van der Waals surface area contributed by atoms with E-state index in [1.807, 2.05) is 0 Å². The normalized spacial score (nSPS) is 16.2. The highest BCUT2D eigenvalue weighted by atomic mass is 32.2. The smallest absolute Gasteiger partial charge is 0.253 e. The molecule has 1 saturated heterocycles. The predicted molar refractivity (Wildman–Crippen MR) is 122 cm³/mol. The molecule has 0 aliphatic carbocycles. The summed E-state index contributed by atoms with van der Waals surface area (Å²) in [5.41, 5.74) is 0.330. The lowest BCUT2D eigenvalue weighted by Crippen LogP contribution is -2.37. The van der Waals surface area contributed by atoms with Gasteiger partial charge in [-0.2, -0.15) is 8.61 Å². The maximum Gasteiger partial charge on any atom is 0.253 e. The van der Waals surface area contributed by atoms with Gasteiger partial charge in [0.05, 0.1) is 9.79 Å². The van der Waals surface area contributed by atoms with Gasteiger partial charge < -0.3 is 4.90 Å². The number of carbonyl (C=O) groups excluding carboxylic acids is 1. The second-order valence-corrected chi connectivity index (χ2v) is 12.1. The molecule has 0 atom stereocenters. The van der Waals surface area contributed by atoms with Crippen LogP contribution in [0.3, 0.4) is 0 Å². The van der Waals surface area contributed by atoms with Crippen molar-refractivity contribution in [1.29, 1.82) is 0 Å². The first kappa shape index (κ1) is 25.3. The van der Waals surface area contributed by atoms with Gasteiger partial charge in [-0.15, -0.1) is 0 Å². The minimum atomic E-state index is -3.80. The van der Waals surface area contributed by atoms with Crippen molar-refractivity contribution in [3.63, 3.8) is 0 Å². The second kappa shape index (κ2) is 9.88. The molecule has 1 heterocycles. The van der Waals surface area contributed by atoms with Crippen molar-refractivity contribution < 1.29 is 26.0 Å². The quantitative estimate of drug-likeness (QED) is 0.611. The summed E-state index contributed by atoms with van der Waals surface area (Å²) in [5, 5.41) is 0. The van der Waals surface area contributed by atoms with Crippen molar-refractivity contribution in [2.45, 2.75) is 36.1 Å². The Hall–Kier alpha value is -2.34. The van der Waals surface area contributed by atoms with E-state index in [0.717, 1.165) is 12.1 Å². The monoisotopic (exact) mass is 497 g/mol. The Labute approximate surface area is 194 Å². The first-order valence-electron chi connectivity index (χ1n) is 10.6. The number of benzene rings is 2. The van der Waals surface area contributed by atoms with Gasteiger partial charge in [0.15, 0.2) is 0 Å². The van der Waals surface area contributed by atoms with Crippen molar-refractivity contribution in [1.82, 2.24) is 13.5 Å². The summed E-state index contributed by atoms with van der Waals surface area (Å²) in [7, 11) is -5.95. The molecule has 0 unspecified atom stereocenters. The molecular weight excluding hydrogens is 469 g/mol. The average molecular weight is 498 g/mol. The second-order valence-electron chi connectivity index (χ2n) is 8.14. The molecule has 1 fully saturated rings. The number of sulfonamides is 2. The molecule has 0 radical (unpaired) electrons. The summed E-state index contributed by atoms with van der Waals surface area (Å²) >= 11 is 0. The first-order valence-corrected chi connectivity index (χ1v) is 13.5. The van der Waals surface area contributed by atoms with E-state index < -0.39 is 25.9 Å². The largest absolute Gasteiger partial charge is 0.337 e. The molecule has 2 aromatic carbocycles. The Morgan fingerprint density at radius 3 is 2.03 bits per heavy atom. The van der Waals surface area contributed by atoms with Gasteiger partial charge in [-0.3, -0.25) is 4.79 Å². The van der Waals surface area contributed by atoms with Gasteiger partial charge in [0.1, 0.15) is 5.82 Å². The van der Waals surface area contributed by atoms with Crippen LogP contribution in [0.1, 0.15) is 30.6 Å². The third kappa shape index (κ3) is 5.43. The van der Waals surface area contributed by atoms with Crippen LogP contribution < -0.4 is 0 Å². The maximum absolute atomic E-state index is 13.2. The summed E-state index contributed by atoms with van der Waals surface area (Å²) in [6.45, 7) is 4.45. The molecule has 180 valence electrons. The molecule has 0 saturated carbocycles. The summed E-state index contributed by atoms with van der Waals surface area (Å²) in [5.74, 6) is -0.812. The van der Waals surface area contributed by atoms with Crippen LogP contribution in [0, 0.1) is 5.82 Å². The molecule has 2 aromatic rings. The number of rotatable bonds is 6. The number of carbonyl (C=O) groups is 1. The zero-order chi connectivity index (χ0) is 24.4. The Morgan fingerprint density at radius 2 is 1.45 bits per heavy atom. The number of nitrogens with zero attached hydrogens (tertiary/aromatic N) is 3. The third-order valence-electron chi connectivity index (χ3n) is 5.70. The number of amides is 1. The summed E-state index contributed by atoms with van der Waals surface area (Å²) in [6.07, 6.45) is 0.442. The van der Waals surface area contributed by atoms with Crippen LogP contribution in [0.25, 0.3) is 0 Å². The molecule has 11 heteroatoms. The molecule has 0 spiro atoms. The fourth-order valence-electron chi connectivity index (χ4n) is 3.49. The van der Waals surface area contributed by atoms with Crippen LogP contribution in [-0.4, -0.2) is 75.5 Å². The van der Waals surface area contributed by atoms with E-state index in [4.69, 9.17) is 0 Å². The lowest BCUT2D eigenvalue weighted by atomic mass is 10.2. The van der Waals surface area contributed by atoms with Crippen molar-refractivity contribution in [3.05, 3.63) is 59.9 Å². The van der Waals surface area contributed by atoms with Crippen molar-refractivity contribution in [3.8, 4) is 0 Å². The summed E-state index contributed by atoms with van der Waals surface area (Å²) < 4.78 is 66.7. The molecular formula is C22H28FN3O5S2. The van der Waals surface area contributed by atoms with E-state index in [-0.39, 0.29) is 41.4 Å². The maximum atomic E-state index is 13.2. The van der Waals surface area contributed by atoms with Crippen LogP contribution in [0.4, 0.5) is 4.39 Å². The molecule has 0 bridgehead atoms. The minimum Gasteiger partial charge on any atom is -0.337 e. The van der Waals surface area contributed by atoms with E-state index in [0.29, 0.717) is 18.5 Å². The lowest BCUT2D eigenvalue weighted by molar-refractivity contribution is 0.0764. The highest BCUT2D eigenvalue weighted by Gasteiger charge is 2.29. The van der Waals surface area contributed by atoms with E-state index in [1.165, 1.54) is 52.1 Å². The average Bonchev–Trinajstić information content (AvgIpc) is 3.05. The van der Waals surface area contributed by atoms with Crippen LogP contribution in [0.15, 0.2) is 58.3 Å². The number of hydrogen-bond donors (Lipinski definition) is 0. The standard InChI is InChI=1S/C22H28FN3O5S2/c1-17(2)24(3)32(28,29)20-9-5-18(6-10-20)22(27)25-13-4-14-26(16-15-25)33(30,31)21-11-7-19(23)8-12-21/h5-12,17H,4,13-16H2,1-3H3. The van der Waals surface area contributed by atoms with E-state index in [1.54, 1.807) is 18.7 Å². The third-order valence-corrected chi connectivity index (χ3v) is 9.66. The Balaban J connectivity index is 1.71. The zero-order valence-corrected chi connectivity index (χ0v) is 20.4. The van der Waals surface area contributed by atoms with Crippen LogP contribution in [-0.2, 0) is 20.0 Å². The van der Waals surface area contributed by atoms with Crippen LogP contribution in [0.5, 0.6) is 0 Å². The zero-order valence-electron chi connectivity index (χ0n) is 18.8. The topological polar surface area (TPSA) is 95.1 Å². The molecule has 0 aromatic heterocycles. The SMILES string of the molecule is CC(C)N(C)S(=O)(=O)c1ccc(C(=O)N2CCCN(S(=O)(=O)c3ccc(F)cc3)CC2)cc1. The Kier molecular flexibility index (Phi) is 7.57. The van der Waals surface area contributed by atoms with E-state index in [2.05, 4.69) is 0 Å². The van der Waals surface area contributed by atoms with Crippen LogP contribution >= 0.6 is 0 Å². The molecule has 1 amide bonds. The minimum absolute atomic E-state index is 0.00633. The number of hydrogen-bond acceptors (Lipinski definition) is 5. The Bertz CT molecular complexity index is 1200. The Morgan fingerprint density at radius 1 is 0.879 bits per heavy atom. The molecule has 8 nitrogen and oxygen atoms in total. The molecule has 1 aliphatic rings. The molecule has 0 N–H and O–H groups in total. The van der Waals surface area contributed by atoms with Crippen LogP contribution in [0.2, 0.25) is 0 Å². The van der Waals surface area contributed by atoms with Crippen molar-refractivity contribution in [2.75, 3.05) is 33.2 Å². The summed E-state index contributed by atoms with van der Waals surface area (Å²) in [6, 6.07) is 10.2.